The van der Waals surface area contributed by atoms with Gasteiger partial charge >= 0.3 is 6.01 Å². The summed E-state index contributed by atoms with van der Waals surface area (Å²) in [6.45, 7) is 4.29. The lowest BCUT2D eigenvalue weighted by Gasteiger charge is -2.03. The molecular weight excluding hydrogens is 353 g/mol. The van der Waals surface area contributed by atoms with Gasteiger partial charge in [-0.25, -0.2) is 0 Å². The molecule has 2 aromatic heterocycles. The maximum Gasteiger partial charge on any atom is 0.322 e. The van der Waals surface area contributed by atoms with E-state index < -0.39 is 0 Å². The summed E-state index contributed by atoms with van der Waals surface area (Å²) >= 11 is 12.0. The second-order valence-electron chi connectivity index (χ2n) is 4.98. The van der Waals surface area contributed by atoms with Crippen LogP contribution in [0.15, 0.2) is 28.7 Å². The van der Waals surface area contributed by atoms with Gasteiger partial charge in [0.15, 0.2) is 0 Å². The summed E-state index contributed by atoms with van der Waals surface area (Å²) in [5.41, 5.74) is 1.70. The summed E-state index contributed by atoms with van der Waals surface area (Å²) in [5, 5.41) is 15.4. The van der Waals surface area contributed by atoms with E-state index in [4.69, 9.17) is 27.6 Å². The molecule has 0 spiro atoms. The second kappa shape index (κ2) is 6.62. The first kappa shape index (κ1) is 16.5. The highest BCUT2D eigenvalue weighted by molar-refractivity contribution is 6.36. The van der Waals surface area contributed by atoms with E-state index in [0.29, 0.717) is 27.8 Å². The van der Waals surface area contributed by atoms with Crippen molar-refractivity contribution in [2.45, 2.75) is 20.4 Å². The number of carbonyl (C=O) groups is 1. The number of anilines is 1. The van der Waals surface area contributed by atoms with Crippen LogP contribution in [0.4, 0.5) is 6.01 Å². The molecule has 9 heteroatoms. The lowest BCUT2D eigenvalue weighted by molar-refractivity contribution is 0.101. The summed E-state index contributed by atoms with van der Waals surface area (Å²) < 4.78 is 7.05. The average Bonchev–Trinajstić information content (AvgIpc) is 3.13. The fourth-order valence-corrected chi connectivity index (χ4v) is 2.67. The van der Waals surface area contributed by atoms with Gasteiger partial charge in [-0.2, -0.15) is 5.10 Å². The molecule has 0 saturated heterocycles. The first-order valence-corrected chi connectivity index (χ1v) is 7.88. The van der Waals surface area contributed by atoms with Gasteiger partial charge in [0.25, 0.3) is 11.8 Å². The zero-order valence-corrected chi connectivity index (χ0v) is 14.4. The predicted molar refractivity (Wildman–Crippen MR) is 90.3 cm³/mol. The summed E-state index contributed by atoms with van der Waals surface area (Å²) in [7, 11) is 0. The number of nitrogens with zero attached hydrogens (tertiary/aromatic N) is 4. The van der Waals surface area contributed by atoms with Gasteiger partial charge in [0.1, 0.15) is 5.69 Å². The van der Waals surface area contributed by atoms with Gasteiger partial charge in [-0.05, 0) is 38.1 Å². The van der Waals surface area contributed by atoms with Gasteiger partial charge < -0.3 is 4.42 Å². The molecule has 3 rings (SSSR count). The van der Waals surface area contributed by atoms with Crippen molar-refractivity contribution in [3.63, 3.8) is 0 Å². The quantitative estimate of drug-likeness (QED) is 0.759. The van der Waals surface area contributed by atoms with E-state index in [9.17, 15) is 4.79 Å². The predicted octanol–water partition coefficient (Wildman–Crippen LogP) is 3.82. The van der Waals surface area contributed by atoms with Gasteiger partial charge in [-0.1, -0.05) is 28.3 Å². The molecule has 3 aromatic rings. The Morgan fingerprint density at radius 3 is 2.79 bits per heavy atom. The van der Waals surface area contributed by atoms with E-state index in [2.05, 4.69) is 20.6 Å². The van der Waals surface area contributed by atoms with Gasteiger partial charge in [-0.3, -0.25) is 14.8 Å². The standard InChI is InChI=1S/C15H13Cl2N5O2/c1-3-22-12(6-8(2)21-22)13(23)18-15-20-19-14(24-15)10-5-4-9(16)7-11(10)17/h4-7H,3H2,1-2H3,(H,18,20,23). The SMILES string of the molecule is CCn1nc(C)cc1C(=O)Nc1nnc(-c2ccc(Cl)cc2Cl)o1. The minimum Gasteiger partial charge on any atom is -0.403 e. The maximum absolute atomic E-state index is 12.3. The van der Waals surface area contributed by atoms with E-state index in [0.717, 1.165) is 5.69 Å². The second-order valence-corrected chi connectivity index (χ2v) is 5.82. The number of aromatic nitrogens is 4. The van der Waals surface area contributed by atoms with E-state index >= 15 is 0 Å². The molecule has 1 aromatic carbocycles. The third-order valence-electron chi connectivity index (χ3n) is 3.24. The van der Waals surface area contributed by atoms with E-state index in [1.54, 1.807) is 28.9 Å². The molecular formula is C15H13Cl2N5O2. The normalized spacial score (nSPS) is 10.8. The third-order valence-corrected chi connectivity index (χ3v) is 3.79. The minimum atomic E-state index is -0.380. The Hall–Kier alpha value is -2.38. The molecule has 1 amide bonds. The van der Waals surface area contributed by atoms with Gasteiger partial charge in [0, 0.05) is 11.6 Å². The number of hydrogen-bond donors (Lipinski definition) is 1. The molecule has 2 heterocycles. The Labute approximate surface area is 147 Å². The van der Waals surface area contributed by atoms with Crippen LogP contribution in [0.5, 0.6) is 0 Å². The molecule has 124 valence electrons. The van der Waals surface area contributed by atoms with Crippen molar-refractivity contribution in [3.05, 3.63) is 45.7 Å². The van der Waals surface area contributed by atoms with Crippen molar-refractivity contribution in [1.82, 2.24) is 20.0 Å². The Morgan fingerprint density at radius 2 is 2.08 bits per heavy atom. The van der Waals surface area contributed by atoms with Crippen LogP contribution in [0.25, 0.3) is 11.5 Å². The van der Waals surface area contributed by atoms with Gasteiger partial charge in [0.05, 0.1) is 16.3 Å². The zero-order chi connectivity index (χ0) is 17.3. The molecule has 0 saturated carbocycles. The molecule has 1 N–H and O–H groups in total. The Morgan fingerprint density at radius 1 is 1.29 bits per heavy atom. The molecule has 24 heavy (non-hydrogen) atoms. The average molecular weight is 366 g/mol. The molecule has 0 atom stereocenters. The maximum atomic E-state index is 12.3. The summed E-state index contributed by atoms with van der Waals surface area (Å²) in [6.07, 6.45) is 0. The van der Waals surface area contributed by atoms with Gasteiger partial charge in [0.2, 0.25) is 0 Å². The van der Waals surface area contributed by atoms with Crippen molar-refractivity contribution in [3.8, 4) is 11.5 Å². The van der Waals surface area contributed by atoms with Crippen LogP contribution in [0.2, 0.25) is 10.0 Å². The number of halogens is 2. The largest absolute Gasteiger partial charge is 0.403 e. The molecule has 0 radical (unpaired) electrons. The first-order chi connectivity index (χ1) is 11.5. The fraction of sp³-hybridized carbons (Fsp3) is 0.200. The van der Waals surface area contributed by atoms with Gasteiger partial charge in [-0.15, -0.1) is 5.10 Å². The molecule has 0 unspecified atom stereocenters. The van der Waals surface area contributed by atoms with E-state index in [1.165, 1.54) is 0 Å². The zero-order valence-electron chi connectivity index (χ0n) is 12.9. The summed E-state index contributed by atoms with van der Waals surface area (Å²) in [5.74, 6) is -0.193. The summed E-state index contributed by atoms with van der Waals surface area (Å²) in [6, 6.07) is 6.56. The third kappa shape index (κ3) is 3.27. The number of rotatable bonds is 4. The fourth-order valence-electron chi connectivity index (χ4n) is 2.18. The lowest BCUT2D eigenvalue weighted by Crippen LogP contribution is -2.17. The number of hydrogen-bond acceptors (Lipinski definition) is 5. The van der Waals surface area contributed by atoms with Crippen molar-refractivity contribution >= 4 is 35.1 Å². The van der Waals surface area contributed by atoms with E-state index in [1.807, 2.05) is 13.8 Å². The number of benzene rings is 1. The summed E-state index contributed by atoms with van der Waals surface area (Å²) in [4.78, 5) is 12.3. The van der Waals surface area contributed by atoms with Crippen LogP contribution >= 0.6 is 23.2 Å². The highest BCUT2D eigenvalue weighted by atomic mass is 35.5. The molecule has 0 aliphatic rings. The number of amides is 1. The number of carbonyl (C=O) groups excluding carboxylic acids is 1. The molecule has 0 bridgehead atoms. The number of aryl methyl sites for hydroxylation is 2. The number of nitrogens with one attached hydrogen (secondary N) is 1. The van der Waals surface area contributed by atoms with Crippen molar-refractivity contribution < 1.29 is 9.21 Å². The van der Waals surface area contributed by atoms with Crippen LogP contribution in [0.3, 0.4) is 0 Å². The monoisotopic (exact) mass is 365 g/mol. The van der Waals surface area contributed by atoms with Crippen LogP contribution in [-0.2, 0) is 6.54 Å². The van der Waals surface area contributed by atoms with Crippen LogP contribution in [-0.4, -0.2) is 25.9 Å². The topological polar surface area (TPSA) is 85.8 Å². The molecule has 0 fully saturated rings. The van der Waals surface area contributed by atoms with Crippen LogP contribution in [0.1, 0.15) is 23.1 Å². The smallest absolute Gasteiger partial charge is 0.322 e. The molecule has 0 aliphatic carbocycles. The van der Waals surface area contributed by atoms with E-state index in [-0.39, 0.29) is 17.8 Å². The first-order valence-electron chi connectivity index (χ1n) is 7.12. The molecule has 0 aliphatic heterocycles. The Balaban J connectivity index is 1.82. The molecule has 7 nitrogen and oxygen atoms in total. The van der Waals surface area contributed by atoms with Crippen LogP contribution < -0.4 is 5.32 Å². The van der Waals surface area contributed by atoms with Crippen molar-refractivity contribution in [2.24, 2.45) is 0 Å². The highest BCUT2D eigenvalue weighted by Crippen LogP contribution is 2.30. The minimum absolute atomic E-state index is 0.0254. The Kier molecular flexibility index (Phi) is 4.55. The highest BCUT2D eigenvalue weighted by Gasteiger charge is 2.18. The lowest BCUT2D eigenvalue weighted by atomic mass is 10.2. The van der Waals surface area contributed by atoms with Crippen LogP contribution in [0, 0.1) is 6.92 Å². The van der Waals surface area contributed by atoms with Crippen molar-refractivity contribution in [1.29, 1.82) is 0 Å². The van der Waals surface area contributed by atoms with Crippen molar-refractivity contribution in [2.75, 3.05) is 5.32 Å². The Bertz CT molecular complexity index is 903.